The first-order valence-corrected chi connectivity index (χ1v) is 33.2. The third-order valence-corrected chi connectivity index (χ3v) is 17.1. The number of nitrogens with two attached hydrogens (primary N) is 4. The molecule has 36 nitrogen and oxygen atoms in total. The number of primary amides is 2. The van der Waals surface area contributed by atoms with Gasteiger partial charge in [-0.2, -0.15) is 0 Å². The summed E-state index contributed by atoms with van der Waals surface area (Å²) >= 11 is 0. The summed E-state index contributed by atoms with van der Waals surface area (Å²) in [5.74, 6) is -19.2. The fourth-order valence-corrected chi connectivity index (χ4v) is 10.8. The zero-order valence-corrected chi connectivity index (χ0v) is 57.4. The van der Waals surface area contributed by atoms with Gasteiger partial charge < -0.3 is 101 Å². The number of carboxylic acid groups (broad SMARTS) is 3. The molecule has 0 aromatic carbocycles. The minimum absolute atomic E-state index is 0.00172. The summed E-state index contributed by atoms with van der Waals surface area (Å²) in [6.45, 7) is 13.9. The van der Waals surface area contributed by atoms with E-state index in [1.54, 1.807) is 55.4 Å². The van der Waals surface area contributed by atoms with E-state index in [1.165, 1.54) is 11.8 Å². The first kappa shape index (κ1) is 85.0. The highest BCUT2D eigenvalue weighted by molar-refractivity contribution is 6.00. The second-order valence-electron chi connectivity index (χ2n) is 25.6. The molecule has 0 aliphatic carbocycles. The van der Waals surface area contributed by atoms with E-state index in [4.69, 9.17) is 22.9 Å². The summed E-state index contributed by atoms with van der Waals surface area (Å²) in [4.78, 5) is 228. The number of hydrogen-bond acceptors (Lipinski definition) is 19. The molecule has 98 heavy (non-hydrogen) atoms. The molecule has 2 fully saturated rings. The molecule has 0 radical (unpaired) electrons. The third-order valence-electron chi connectivity index (χ3n) is 17.1. The van der Waals surface area contributed by atoms with E-state index in [1.807, 2.05) is 0 Å². The van der Waals surface area contributed by atoms with Crippen molar-refractivity contribution in [1.82, 2.24) is 63.0 Å². The molecule has 552 valence electrons. The number of hydrogen-bond donors (Lipinski definition) is 17. The van der Waals surface area contributed by atoms with E-state index in [9.17, 15) is 96.8 Å². The number of unbranched alkanes of at least 4 members (excludes halogenated alkanes) is 1. The Morgan fingerprint density at radius 3 is 1.34 bits per heavy atom. The van der Waals surface area contributed by atoms with Gasteiger partial charge in [0.15, 0.2) is 0 Å². The standard InChI is InChI=1S/C62H104N16O20/c1-10-32(7)49(60(95)72-39(62(97)98)28-43(66)80)75-57(92)41-18-15-27-78(41)61(96)50(33(8)11-2)76-59(94)48(31(5)6)74-55(90)37(19-22-42(65)79)69-54(89)38(21-24-46(84)85)70-56(91)40-17-14-26-77(40)44(81)29-67-52(87)36(20-23-45(82)83)68-53(88)35(16-12-13-25-63)71-58(93)47(30(3)4)73-51(86)34(9)64/h30-41,47-50H,10-29,63-64H2,1-9H3,(H2,65,79)(H2,66,80)(H,67,87)(H,68,88)(H,69,89)(H,70,91)(H,71,93)(H,72,95)(H,73,86)(H,74,90)(H,75,92)(H,76,94)(H,82,83)(H,84,85)(H,97,98)/t32-,33-,34-,35-,36-,37-,38-,39-,40-,41-,47-,48-,49-,50-/m0/s1. The maximum atomic E-state index is 14.6. The molecule has 0 spiro atoms. The number of likely N-dealkylation sites (tertiary alicyclic amines) is 2. The monoisotopic (exact) mass is 1390 g/mol. The van der Waals surface area contributed by atoms with E-state index >= 15 is 0 Å². The predicted octanol–water partition coefficient (Wildman–Crippen LogP) is -4.72. The molecule has 0 unspecified atom stereocenters. The normalized spacial score (nSPS) is 18.0. The highest BCUT2D eigenvalue weighted by atomic mass is 16.4. The van der Waals surface area contributed by atoms with Crippen molar-refractivity contribution < 1.29 is 96.8 Å². The number of carboxylic acids is 3. The summed E-state index contributed by atoms with van der Waals surface area (Å²) in [5.41, 5.74) is 22.0. The topological polar surface area (TPSA) is 582 Å². The van der Waals surface area contributed by atoms with Crippen molar-refractivity contribution in [1.29, 1.82) is 0 Å². The average molecular weight is 1390 g/mol. The van der Waals surface area contributed by atoms with Gasteiger partial charge in [0.2, 0.25) is 82.7 Å². The minimum atomic E-state index is -1.73. The Hall–Kier alpha value is -9.09. The second-order valence-corrected chi connectivity index (χ2v) is 25.6. The van der Waals surface area contributed by atoms with Gasteiger partial charge in [-0.15, -0.1) is 0 Å². The van der Waals surface area contributed by atoms with Gasteiger partial charge in [0, 0.05) is 32.4 Å². The smallest absolute Gasteiger partial charge is 0.326 e. The fourth-order valence-electron chi connectivity index (χ4n) is 10.8. The van der Waals surface area contributed by atoms with Crippen molar-refractivity contribution >= 4 is 101 Å². The maximum absolute atomic E-state index is 14.6. The third kappa shape index (κ3) is 27.8. The summed E-state index contributed by atoms with van der Waals surface area (Å²) in [6.07, 6.45) is -2.10. The molecule has 0 bridgehead atoms. The quantitative estimate of drug-likeness (QED) is 0.0255. The van der Waals surface area contributed by atoms with E-state index in [0.29, 0.717) is 32.1 Å². The van der Waals surface area contributed by atoms with Crippen LogP contribution in [-0.2, 0) is 81.5 Å². The Balaban J connectivity index is 2.37. The Bertz CT molecular complexity index is 2860. The van der Waals surface area contributed by atoms with Crippen molar-refractivity contribution in [2.24, 2.45) is 46.6 Å². The highest BCUT2D eigenvalue weighted by Crippen LogP contribution is 2.24. The summed E-state index contributed by atoms with van der Waals surface area (Å²) in [7, 11) is 0. The second kappa shape index (κ2) is 41.9. The van der Waals surface area contributed by atoms with Crippen molar-refractivity contribution in [3.63, 3.8) is 0 Å². The van der Waals surface area contributed by atoms with Gasteiger partial charge in [-0.05, 0) is 101 Å². The van der Waals surface area contributed by atoms with Crippen LogP contribution in [0.3, 0.4) is 0 Å². The van der Waals surface area contributed by atoms with Crippen LogP contribution >= 0.6 is 0 Å². The van der Waals surface area contributed by atoms with Gasteiger partial charge in [-0.25, -0.2) is 4.79 Å². The molecule has 2 aliphatic rings. The van der Waals surface area contributed by atoms with Crippen LogP contribution in [0.4, 0.5) is 0 Å². The number of nitrogens with zero attached hydrogens (tertiary/aromatic N) is 2. The summed E-state index contributed by atoms with van der Waals surface area (Å²) in [6, 6.07) is -16.7. The number of amides is 14. The maximum Gasteiger partial charge on any atom is 0.326 e. The molecule has 2 heterocycles. The van der Waals surface area contributed by atoms with Gasteiger partial charge in [-0.1, -0.05) is 68.2 Å². The molecule has 0 saturated carbocycles. The van der Waals surface area contributed by atoms with Crippen molar-refractivity contribution in [2.75, 3.05) is 26.2 Å². The molecule has 0 aromatic rings. The fraction of sp³-hybridized carbons (Fsp3) is 0.726. The van der Waals surface area contributed by atoms with Gasteiger partial charge in [0.25, 0.3) is 0 Å². The van der Waals surface area contributed by atoms with E-state index < -0.39 is 248 Å². The van der Waals surface area contributed by atoms with E-state index in [2.05, 4.69) is 53.2 Å². The molecule has 0 aromatic heterocycles. The first-order valence-electron chi connectivity index (χ1n) is 33.2. The van der Waals surface area contributed by atoms with Crippen LogP contribution in [-0.4, -0.2) is 224 Å². The van der Waals surface area contributed by atoms with Gasteiger partial charge >= 0.3 is 17.9 Å². The first-order chi connectivity index (χ1) is 45.9. The van der Waals surface area contributed by atoms with E-state index in [-0.39, 0.29) is 45.3 Å². The number of carbonyl (C=O) groups is 17. The minimum Gasteiger partial charge on any atom is -0.481 e. The van der Waals surface area contributed by atoms with Crippen LogP contribution < -0.4 is 76.1 Å². The lowest BCUT2D eigenvalue weighted by molar-refractivity contribution is -0.145. The summed E-state index contributed by atoms with van der Waals surface area (Å²) < 4.78 is 0. The lowest BCUT2D eigenvalue weighted by Gasteiger charge is -2.34. The van der Waals surface area contributed by atoms with Crippen LogP contribution in [0.25, 0.3) is 0 Å². The molecule has 14 amide bonds. The van der Waals surface area contributed by atoms with Crippen LogP contribution in [0, 0.1) is 23.7 Å². The summed E-state index contributed by atoms with van der Waals surface area (Å²) in [5, 5.41) is 53.8. The zero-order valence-electron chi connectivity index (χ0n) is 57.4. The molecule has 14 atom stereocenters. The number of carbonyl (C=O) groups excluding carboxylic acids is 14. The lowest BCUT2D eigenvalue weighted by Crippen LogP contribution is -2.62. The zero-order chi connectivity index (χ0) is 74.4. The average Bonchev–Trinajstić information content (AvgIpc) is 1.47. The Kier molecular flexibility index (Phi) is 36.3. The van der Waals surface area contributed by atoms with Crippen LogP contribution in [0.5, 0.6) is 0 Å². The number of nitrogens with one attached hydrogen (secondary N) is 10. The van der Waals surface area contributed by atoms with Gasteiger partial charge in [0.1, 0.15) is 66.5 Å². The van der Waals surface area contributed by atoms with Crippen LogP contribution in [0.1, 0.15) is 165 Å². The Morgan fingerprint density at radius 2 is 0.857 bits per heavy atom. The molecule has 2 aliphatic heterocycles. The molecule has 2 rings (SSSR count). The Labute approximate surface area is 568 Å². The van der Waals surface area contributed by atoms with Crippen molar-refractivity contribution in [3.8, 4) is 0 Å². The number of aliphatic carboxylic acids is 3. The predicted molar refractivity (Wildman–Crippen MR) is 349 cm³/mol. The largest absolute Gasteiger partial charge is 0.481 e. The Morgan fingerprint density at radius 1 is 0.449 bits per heavy atom. The van der Waals surface area contributed by atoms with Gasteiger partial charge in [-0.3, -0.25) is 76.7 Å². The van der Waals surface area contributed by atoms with Gasteiger partial charge in [0.05, 0.1) is 19.0 Å². The van der Waals surface area contributed by atoms with E-state index in [0.717, 1.165) is 4.90 Å². The van der Waals surface area contributed by atoms with Crippen molar-refractivity contribution in [2.45, 2.75) is 238 Å². The lowest BCUT2D eigenvalue weighted by atomic mass is 9.95. The molecule has 2 saturated heterocycles. The van der Waals surface area contributed by atoms with Crippen LogP contribution in [0.2, 0.25) is 0 Å². The molecular formula is C62H104N16O20. The van der Waals surface area contributed by atoms with Crippen LogP contribution in [0.15, 0.2) is 0 Å². The molecule has 36 heteroatoms. The SMILES string of the molecule is CC[C@H](C)[C@H](NC(=O)[C@@H]1CCCN1C(=O)[C@@H](NC(=O)[C@@H](NC(=O)[C@H](CCC(N)=O)NC(=O)[C@H](CCC(=O)O)NC(=O)[C@@H]1CCCN1C(=O)CNC(=O)[C@H](CCC(=O)O)NC(=O)[C@H](CCCCN)NC(=O)[C@@H](NC(=O)[C@H](C)N)C(C)C)C(C)C)[C@@H](C)CC)C(=O)N[C@@H](CC(N)=O)C(=O)O. The van der Waals surface area contributed by atoms with Crippen molar-refractivity contribution in [3.05, 3.63) is 0 Å². The highest BCUT2D eigenvalue weighted by Gasteiger charge is 2.44. The molecule has 21 N–H and O–H groups in total. The number of rotatable bonds is 44. The molecular weight excluding hydrogens is 1290 g/mol.